The number of aromatic nitrogens is 1. The number of nitrogens with zero attached hydrogens (tertiary/aromatic N) is 1. The number of rotatable bonds is 7. The zero-order valence-corrected chi connectivity index (χ0v) is 13.4. The van der Waals surface area contributed by atoms with E-state index in [1.807, 2.05) is 12.4 Å². The Bertz CT molecular complexity index is 513. The highest BCUT2D eigenvalue weighted by Crippen LogP contribution is 2.18. The van der Waals surface area contributed by atoms with E-state index in [9.17, 15) is 0 Å². The number of benzene rings is 1. The first-order valence-corrected chi connectivity index (χ1v) is 7.94. The molecule has 0 saturated heterocycles. The van der Waals surface area contributed by atoms with Crippen LogP contribution in [0.15, 0.2) is 53.3 Å². The molecule has 3 heteroatoms. The Morgan fingerprint density at radius 3 is 2.55 bits per heavy atom. The van der Waals surface area contributed by atoms with Crippen molar-refractivity contribution in [2.24, 2.45) is 0 Å². The van der Waals surface area contributed by atoms with E-state index in [0.717, 1.165) is 25.8 Å². The molecule has 1 N–H and O–H groups in total. The van der Waals surface area contributed by atoms with Crippen LogP contribution in [0.5, 0.6) is 0 Å². The van der Waals surface area contributed by atoms with E-state index in [4.69, 9.17) is 0 Å². The Kier molecular flexibility index (Phi) is 6.22. The average molecular weight is 333 g/mol. The SMILES string of the molecule is CCCNC(Cc1ccncc1)Cc1ccccc1Br. The molecule has 1 aromatic carbocycles. The maximum absolute atomic E-state index is 4.09. The minimum absolute atomic E-state index is 0.455. The lowest BCUT2D eigenvalue weighted by atomic mass is 9.99. The Morgan fingerprint density at radius 2 is 1.85 bits per heavy atom. The number of pyridine rings is 1. The monoisotopic (exact) mass is 332 g/mol. The summed E-state index contributed by atoms with van der Waals surface area (Å²) in [5, 5.41) is 3.65. The van der Waals surface area contributed by atoms with Crippen LogP contribution in [0.25, 0.3) is 0 Å². The molecule has 0 aliphatic rings. The Labute approximate surface area is 129 Å². The summed E-state index contributed by atoms with van der Waals surface area (Å²) in [7, 11) is 0. The highest BCUT2D eigenvalue weighted by atomic mass is 79.9. The van der Waals surface area contributed by atoms with Crippen molar-refractivity contribution in [1.82, 2.24) is 10.3 Å². The molecule has 1 heterocycles. The molecule has 0 amide bonds. The van der Waals surface area contributed by atoms with Gasteiger partial charge in [-0.15, -0.1) is 0 Å². The topological polar surface area (TPSA) is 24.9 Å². The Morgan fingerprint density at radius 1 is 1.10 bits per heavy atom. The quantitative estimate of drug-likeness (QED) is 0.828. The number of hydrogen-bond donors (Lipinski definition) is 1. The molecule has 0 spiro atoms. The van der Waals surface area contributed by atoms with Crippen LogP contribution in [0.4, 0.5) is 0 Å². The van der Waals surface area contributed by atoms with E-state index < -0.39 is 0 Å². The molecule has 0 fully saturated rings. The second kappa shape index (κ2) is 8.18. The van der Waals surface area contributed by atoms with Gasteiger partial charge in [0.1, 0.15) is 0 Å². The molecule has 1 atom stereocenters. The van der Waals surface area contributed by atoms with Gasteiger partial charge >= 0.3 is 0 Å². The molecule has 0 bridgehead atoms. The predicted molar refractivity (Wildman–Crippen MR) is 87.9 cm³/mol. The summed E-state index contributed by atoms with van der Waals surface area (Å²) < 4.78 is 1.19. The lowest BCUT2D eigenvalue weighted by molar-refractivity contribution is 0.504. The summed E-state index contributed by atoms with van der Waals surface area (Å²) in [6, 6.07) is 13.1. The lowest BCUT2D eigenvalue weighted by Gasteiger charge is -2.19. The molecule has 0 radical (unpaired) electrons. The highest BCUT2D eigenvalue weighted by Gasteiger charge is 2.11. The van der Waals surface area contributed by atoms with Crippen molar-refractivity contribution in [3.63, 3.8) is 0 Å². The summed E-state index contributed by atoms with van der Waals surface area (Å²) in [6.07, 6.45) is 6.95. The van der Waals surface area contributed by atoms with Crippen LogP contribution in [0.2, 0.25) is 0 Å². The van der Waals surface area contributed by atoms with Crippen LogP contribution in [0, 0.1) is 0 Å². The van der Waals surface area contributed by atoms with Crippen LogP contribution in [0.1, 0.15) is 24.5 Å². The lowest BCUT2D eigenvalue weighted by Crippen LogP contribution is -2.33. The second-order valence-electron chi connectivity index (χ2n) is 5.01. The number of halogens is 1. The molecule has 0 aliphatic heterocycles. The van der Waals surface area contributed by atoms with Gasteiger partial charge in [-0.1, -0.05) is 41.1 Å². The first-order valence-electron chi connectivity index (χ1n) is 7.15. The summed E-state index contributed by atoms with van der Waals surface area (Å²) >= 11 is 3.64. The molecule has 20 heavy (non-hydrogen) atoms. The van der Waals surface area contributed by atoms with E-state index in [0.29, 0.717) is 6.04 Å². The van der Waals surface area contributed by atoms with Crippen LogP contribution < -0.4 is 5.32 Å². The van der Waals surface area contributed by atoms with Gasteiger partial charge in [0.25, 0.3) is 0 Å². The second-order valence-corrected chi connectivity index (χ2v) is 5.86. The molecule has 0 saturated carbocycles. The third kappa shape index (κ3) is 4.73. The van der Waals surface area contributed by atoms with Gasteiger partial charge in [-0.3, -0.25) is 4.98 Å². The van der Waals surface area contributed by atoms with Gasteiger partial charge < -0.3 is 5.32 Å². The zero-order chi connectivity index (χ0) is 14.2. The van der Waals surface area contributed by atoms with Crippen LogP contribution in [-0.2, 0) is 12.8 Å². The van der Waals surface area contributed by atoms with Crippen molar-refractivity contribution < 1.29 is 0 Å². The third-order valence-electron chi connectivity index (χ3n) is 3.34. The van der Waals surface area contributed by atoms with E-state index in [1.54, 1.807) is 0 Å². The van der Waals surface area contributed by atoms with Gasteiger partial charge in [0.15, 0.2) is 0 Å². The molecule has 2 aromatic rings. The molecule has 106 valence electrons. The molecule has 2 nitrogen and oxygen atoms in total. The minimum atomic E-state index is 0.455. The van der Waals surface area contributed by atoms with Crippen molar-refractivity contribution in [2.45, 2.75) is 32.2 Å². The number of hydrogen-bond acceptors (Lipinski definition) is 2. The van der Waals surface area contributed by atoms with E-state index in [1.165, 1.54) is 15.6 Å². The molecule has 0 aliphatic carbocycles. The average Bonchev–Trinajstić information content (AvgIpc) is 2.48. The maximum atomic E-state index is 4.09. The summed E-state index contributed by atoms with van der Waals surface area (Å²) in [4.78, 5) is 4.09. The smallest absolute Gasteiger partial charge is 0.0270 e. The Balaban J connectivity index is 2.05. The fraction of sp³-hybridized carbons (Fsp3) is 0.353. The first-order chi connectivity index (χ1) is 9.79. The van der Waals surface area contributed by atoms with Crippen LogP contribution >= 0.6 is 15.9 Å². The van der Waals surface area contributed by atoms with Crippen molar-refractivity contribution in [3.05, 3.63) is 64.4 Å². The number of nitrogens with one attached hydrogen (secondary N) is 1. The van der Waals surface area contributed by atoms with Gasteiger partial charge in [-0.05, 0) is 55.1 Å². The van der Waals surface area contributed by atoms with Gasteiger partial charge in [0.2, 0.25) is 0 Å². The zero-order valence-electron chi connectivity index (χ0n) is 11.8. The van der Waals surface area contributed by atoms with Gasteiger partial charge in [-0.2, -0.15) is 0 Å². The summed E-state index contributed by atoms with van der Waals surface area (Å²) in [5.74, 6) is 0. The van der Waals surface area contributed by atoms with E-state index in [-0.39, 0.29) is 0 Å². The summed E-state index contributed by atoms with van der Waals surface area (Å²) in [6.45, 7) is 3.26. The predicted octanol–water partition coefficient (Wildman–Crippen LogP) is 4.00. The van der Waals surface area contributed by atoms with Crippen LogP contribution in [0.3, 0.4) is 0 Å². The van der Waals surface area contributed by atoms with Gasteiger partial charge in [-0.25, -0.2) is 0 Å². The molecular weight excluding hydrogens is 312 g/mol. The van der Waals surface area contributed by atoms with Crippen LogP contribution in [-0.4, -0.2) is 17.6 Å². The fourth-order valence-electron chi connectivity index (χ4n) is 2.30. The third-order valence-corrected chi connectivity index (χ3v) is 4.11. The first kappa shape index (κ1) is 15.2. The molecule has 2 rings (SSSR count). The molecule has 1 unspecified atom stereocenters. The van der Waals surface area contributed by atoms with Crippen molar-refractivity contribution in [3.8, 4) is 0 Å². The standard InChI is InChI=1S/C17H21BrN2/c1-2-9-20-16(12-14-7-10-19-11-8-14)13-15-5-3-4-6-17(15)18/h3-8,10-11,16,20H,2,9,12-13H2,1H3. The fourth-order valence-corrected chi connectivity index (χ4v) is 2.74. The van der Waals surface area contributed by atoms with Gasteiger partial charge in [0, 0.05) is 22.9 Å². The largest absolute Gasteiger partial charge is 0.313 e. The molecule has 1 aromatic heterocycles. The normalized spacial score (nSPS) is 12.3. The molecular formula is C17H21BrN2. The minimum Gasteiger partial charge on any atom is -0.313 e. The summed E-state index contributed by atoms with van der Waals surface area (Å²) in [5.41, 5.74) is 2.69. The highest BCUT2D eigenvalue weighted by molar-refractivity contribution is 9.10. The van der Waals surface area contributed by atoms with Crippen molar-refractivity contribution >= 4 is 15.9 Å². The van der Waals surface area contributed by atoms with Crippen molar-refractivity contribution in [1.29, 1.82) is 0 Å². The Hall–Kier alpha value is -1.19. The van der Waals surface area contributed by atoms with Crippen molar-refractivity contribution in [2.75, 3.05) is 6.54 Å². The van der Waals surface area contributed by atoms with E-state index in [2.05, 4.69) is 69.6 Å². The van der Waals surface area contributed by atoms with E-state index >= 15 is 0 Å². The maximum Gasteiger partial charge on any atom is 0.0270 e. The van der Waals surface area contributed by atoms with Gasteiger partial charge in [0.05, 0.1) is 0 Å².